The van der Waals surface area contributed by atoms with Crippen molar-refractivity contribution in [2.45, 2.75) is 13.8 Å². The minimum atomic E-state index is -0.259. The first-order chi connectivity index (χ1) is 11.1. The minimum absolute atomic E-state index is 0.259. The van der Waals surface area contributed by atoms with E-state index < -0.39 is 0 Å². The fourth-order valence-corrected chi connectivity index (χ4v) is 2.35. The summed E-state index contributed by atoms with van der Waals surface area (Å²) in [6.07, 6.45) is 1.48. The second-order valence-electron chi connectivity index (χ2n) is 5.45. The highest BCUT2D eigenvalue weighted by atomic mass is 16.3. The van der Waals surface area contributed by atoms with Crippen LogP contribution in [0.15, 0.2) is 65.3 Å². The molecule has 1 amide bonds. The highest BCUT2D eigenvalue weighted by molar-refractivity contribution is 6.02. The Labute approximate surface area is 135 Å². The first kappa shape index (κ1) is 14.9. The fourth-order valence-electron chi connectivity index (χ4n) is 2.35. The molecule has 0 atom stereocenters. The number of anilines is 3. The molecular formula is C19H18N2O2. The molecule has 0 saturated heterocycles. The number of hydrogen-bond acceptors (Lipinski definition) is 3. The van der Waals surface area contributed by atoms with E-state index in [1.807, 2.05) is 24.3 Å². The highest BCUT2D eigenvalue weighted by Crippen LogP contribution is 2.23. The maximum absolute atomic E-state index is 11.9. The normalized spacial score (nSPS) is 10.3. The summed E-state index contributed by atoms with van der Waals surface area (Å²) in [6.45, 7) is 4.15. The topological polar surface area (TPSA) is 54.3 Å². The van der Waals surface area contributed by atoms with Gasteiger partial charge in [-0.1, -0.05) is 17.7 Å². The number of amides is 1. The zero-order valence-corrected chi connectivity index (χ0v) is 13.1. The first-order valence-corrected chi connectivity index (χ1v) is 7.41. The molecule has 0 spiro atoms. The third kappa shape index (κ3) is 3.61. The number of carbonyl (C=O) groups is 1. The van der Waals surface area contributed by atoms with E-state index in [2.05, 4.69) is 42.7 Å². The van der Waals surface area contributed by atoms with Crippen molar-refractivity contribution in [3.05, 3.63) is 77.7 Å². The summed E-state index contributed by atoms with van der Waals surface area (Å²) in [5, 5.41) is 6.17. The molecule has 0 fully saturated rings. The maximum Gasteiger partial charge on any atom is 0.291 e. The molecule has 116 valence electrons. The van der Waals surface area contributed by atoms with Crippen molar-refractivity contribution >= 4 is 23.0 Å². The van der Waals surface area contributed by atoms with Gasteiger partial charge in [-0.2, -0.15) is 0 Å². The van der Waals surface area contributed by atoms with E-state index in [0.29, 0.717) is 5.76 Å². The number of aryl methyl sites for hydroxylation is 2. The van der Waals surface area contributed by atoms with Gasteiger partial charge >= 0.3 is 0 Å². The second kappa shape index (κ2) is 6.40. The van der Waals surface area contributed by atoms with Gasteiger partial charge < -0.3 is 15.1 Å². The molecule has 0 radical (unpaired) electrons. The van der Waals surface area contributed by atoms with E-state index in [1.54, 1.807) is 12.1 Å². The maximum atomic E-state index is 11.9. The Bertz CT molecular complexity index is 806. The zero-order valence-electron chi connectivity index (χ0n) is 13.1. The predicted octanol–water partition coefficient (Wildman–Crippen LogP) is 4.89. The molecule has 0 saturated carbocycles. The summed E-state index contributed by atoms with van der Waals surface area (Å²) < 4.78 is 5.07. The van der Waals surface area contributed by atoms with Crippen molar-refractivity contribution in [1.29, 1.82) is 0 Å². The van der Waals surface area contributed by atoms with Crippen molar-refractivity contribution in [2.24, 2.45) is 0 Å². The molecule has 1 aromatic heterocycles. The van der Waals surface area contributed by atoms with Gasteiger partial charge in [0, 0.05) is 17.1 Å². The van der Waals surface area contributed by atoms with Crippen LogP contribution >= 0.6 is 0 Å². The molecule has 0 bridgehead atoms. The van der Waals surface area contributed by atoms with Crippen molar-refractivity contribution in [3.63, 3.8) is 0 Å². The monoisotopic (exact) mass is 306 g/mol. The summed E-state index contributed by atoms with van der Waals surface area (Å²) in [4.78, 5) is 11.9. The van der Waals surface area contributed by atoms with Crippen LogP contribution in [-0.4, -0.2) is 5.91 Å². The highest BCUT2D eigenvalue weighted by Gasteiger charge is 2.08. The quantitative estimate of drug-likeness (QED) is 0.721. The van der Waals surface area contributed by atoms with Crippen LogP contribution in [0.3, 0.4) is 0 Å². The van der Waals surface area contributed by atoms with Crippen LogP contribution in [0.4, 0.5) is 17.1 Å². The summed E-state index contributed by atoms with van der Waals surface area (Å²) in [6, 6.07) is 17.2. The van der Waals surface area contributed by atoms with Gasteiger partial charge in [0.2, 0.25) is 0 Å². The average molecular weight is 306 g/mol. The van der Waals surface area contributed by atoms with Gasteiger partial charge in [0.15, 0.2) is 5.76 Å². The van der Waals surface area contributed by atoms with Gasteiger partial charge in [0.1, 0.15) is 0 Å². The van der Waals surface area contributed by atoms with E-state index >= 15 is 0 Å². The minimum Gasteiger partial charge on any atom is -0.459 e. The third-order valence-electron chi connectivity index (χ3n) is 3.55. The standard InChI is InChI=1S/C19H18N2O2/c1-13-5-10-17(14(2)12-13)20-15-6-8-16(9-7-15)21-19(22)18-4-3-11-23-18/h3-12,20H,1-2H3,(H,21,22). The summed E-state index contributed by atoms with van der Waals surface area (Å²) >= 11 is 0. The molecule has 3 aromatic rings. The number of carbonyl (C=O) groups excluding carboxylic acids is 1. The van der Waals surface area contributed by atoms with Crippen LogP contribution in [0, 0.1) is 13.8 Å². The smallest absolute Gasteiger partial charge is 0.291 e. The Hall–Kier alpha value is -3.01. The van der Waals surface area contributed by atoms with Gasteiger partial charge in [-0.05, 0) is 61.9 Å². The first-order valence-electron chi connectivity index (χ1n) is 7.41. The van der Waals surface area contributed by atoms with Crippen molar-refractivity contribution in [2.75, 3.05) is 10.6 Å². The van der Waals surface area contributed by atoms with Crippen LogP contribution in [-0.2, 0) is 0 Å². The van der Waals surface area contributed by atoms with Crippen LogP contribution in [0.2, 0.25) is 0 Å². The summed E-state index contributed by atoms with van der Waals surface area (Å²) in [5.41, 5.74) is 5.19. The third-order valence-corrected chi connectivity index (χ3v) is 3.55. The van der Waals surface area contributed by atoms with E-state index in [-0.39, 0.29) is 5.91 Å². The van der Waals surface area contributed by atoms with Crippen molar-refractivity contribution < 1.29 is 9.21 Å². The number of hydrogen-bond donors (Lipinski definition) is 2. The zero-order chi connectivity index (χ0) is 16.2. The number of nitrogens with one attached hydrogen (secondary N) is 2. The van der Waals surface area contributed by atoms with Gasteiger partial charge in [0.05, 0.1) is 6.26 Å². The summed E-state index contributed by atoms with van der Waals surface area (Å²) in [5.74, 6) is 0.0348. The fraction of sp³-hybridized carbons (Fsp3) is 0.105. The Balaban J connectivity index is 1.68. The lowest BCUT2D eigenvalue weighted by Gasteiger charge is -2.11. The lowest BCUT2D eigenvalue weighted by molar-refractivity contribution is 0.0996. The Morgan fingerprint density at radius 3 is 2.35 bits per heavy atom. The van der Waals surface area contributed by atoms with Gasteiger partial charge in [-0.25, -0.2) is 0 Å². The Morgan fingerprint density at radius 2 is 1.70 bits per heavy atom. The SMILES string of the molecule is Cc1ccc(Nc2ccc(NC(=O)c3ccco3)cc2)c(C)c1. The Morgan fingerprint density at radius 1 is 0.957 bits per heavy atom. The summed E-state index contributed by atoms with van der Waals surface area (Å²) in [7, 11) is 0. The lowest BCUT2D eigenvalue weighted by atomic mass is 10.1. The molecule has 2 aromatic carbocycles. The lowest BCUT2D eigenvalue weighted by Crippen LogP contribution is -2.10. The number of rotatable bonds is 4. The molecule has 4 nitrogen and oxygen atoms in total. The molecule has 3 rings (SSSR count). The van der Waals surface area contributed by atoms with Gasteiger partial charge in [0.25, 0.3) is 5.91 Å². The van der Waals surface area contributed by atoms with Crippen LogP contribution < -0.4 is 10.6 Å². The molecular weight excluding hydrogens is 288 g/mol. The van der Waals surface area contributed by atoms with Crippen LogP contribution in [0.5, 0.6) is 0 Å². The van der Waals surface area contributed by atoms with Crippen LogP contribution in [0.1, 0.15) is 21.7 Å². The molecule has 23 heavy (non-hydrogen) atoms. The molecule has 0 aliphatic heterocycles. The Kier molecular flexibility index (Phi) is 4.15. The van der Waals surface area contributed by atoms with E-state index in [1.165, 1.54) is 17.4 Å². The second-order valence-corrected chi connectivity index (χ2v) is 5.45. The largest absolute Gasteiger partial charge is 0.459 e. The van der Waals surface area contributed by atoms with E-state index in [9.17, 15) is 4.79 Å². The molecule has 0 unspecified atom stereocenters. The van der Waals surface area contributed by atoms with Crippen LogP contribution in [0.25, 0.3) is 0 Å². The molecule has 1 heterocycles. The molecule has 2 N–H and O–H groups in total. The average Bonchev–Trinajstić information content (AvgIpc) is 3.06. The molecule has 0 aliphatic carbocycles. The van der Waals surface area contributed by atoms with Gasteiger partial charge in [-0.3, -0.25) is 4.79 Å². The van der Waals surface area contributed by atoms with Crippen molar-refractivity contribution in [3.8, 4) is 0 Å². The number of benzene rings is 2. The molecule has 0 aliphatic rings. The molecule has 4 heteroatoms. The van der Waals surface area contributed by atoms with Gasteiger partial charge in [-0.15, -0.1) is 0 Å². The van der Waals surface area contributed by atoms with E-state index in [4.69, 9.17) is 4.42 Å². The predicted molar refractivity (Wildman–Crippen MR) is 92.3 cm³/mol. The van der Waals surface area contributed by atoms with E-state index in [0.717, 1.165) is 17.1 Å². The number of furan rings is 1. The van der Waals surface area contributed by atoms with Crippen molar-refractivity contribution in [1.82, 2.24) is 0 Å².